The molecule has 0 aromatic carbocycles. The van der Waals surface area contributed by atoms with Crippen molar-refractivity contribution in [2.75, 3.05) is 6.61 Å². The molecule has 55 valence electrons. The lowest BCUT2D eigenvalue weighted by atomic mass is 10.1. The van der Waals surface area contributed by atoms with Gasteiger partial charge in [0.25, 0.3) is 0 Å². The SMILES string of the molecule is CC(O)[C](O)CCCO. The van der Waals surface area contributed by atoms with Crippen LogP contribution >= 0.6 is 0 Å². The molecule has 3 N–H and O–H groups in total. The highest BCUT2D eigenvalue weighted by atomic mass is 16.3. The molecule has 0 saturated heterocycles. The van der Waals surface area contributed by atoms with Crippen molar-refractivity contribution in [3.8, 4) is 0 Å². The summed E-state index contributed by atoms with van der Waals surface area (Å²) in [7, 11) is 0. The zero-order valence-corrected chi connectivity index (χ0v) is 5.54. The Bertz CT molecular complexity index is 63.3. The Labute approximate surface area is 54.9 Å². The highest BCUT2D eigenvalue weighted by Gasteiger charge is 2.10. The van der Waals surface area contributed by atoms with Crippen molar-refractivity contribution >= 4 is 0 Å². The summed E-state index contributed by atoms with van der Waals surface area (Å²) in [4.78, 5) is 0. The number of hydrogen-bond donors (Lipinski definition) is 3. The van der Waals surface area contributed by atoms with Gasteiger partial charge in [-0.3, -0.25) is 0 Å². The molecule has 1 atom stereocenters. The van der Waals surface area contributed by atoms with E-state index in [1.54, 1.807) is 0 Å². The molecule has 3 nitrogen and oxygen atoms in total. The number of aliphatic hydroxyl groups excluding tert-OH is 3. The highest BCUT2D eigenvalue weighted by Crippen LogP contribution is 2.08. The summed E-state index contributed by atoms with van der Waals surface area (Å²) >= 11 is 0. The van der Waals surface area contributed by atoms with Crippen molar-refractivity contribution in [2.24, 2.45) is 0 Å². The van der Waals surface area contributed by atoms with E-state index in [0.717, 1.165) is 0 Å². The quantitative estimate of drug-likeness (QED) is 0.507. The van der Waals surface area contributed by atoms with Crippen LogP contribution in [0.1, 0.15) is 19.8 Å². The van der Waals surface area contributed by atoms with Crippen LogP contribution in [0.15, 0.2) is 0 Å². The van der Waals surface area contributed by atoms with Crippen LogP contribution in [0.4, 0.5) is 0 Å². The molecule has 0 aliphatic carbocycles. The normalized spacial score (nSPS) is 14.3. The number of hydrogen-bond acceptors (Lipinski definition) is 3. The second kappa shape index (κ2) is 4.73. The molecule has 9 heavy (non-hydrogen) atoms. The lowest BCUT2D eigenvalue weighted by Crippen LogP contribution is -2.13. The molecule has 0 rings (SSSR count). The summed E-state index contributed by atoms with van der Waals surface area (Å²) in [6, 6.07) is 0. The summed E-state index contributed by atoms with van der Waals surface area (Å²) in [6.45, 7) is 1.55. The van der Waals surface area contributed by atoms with E-state index in [4.69, 9.17) is 15.3 Å². The van der Waals surface area contributed by atoms with Crippen molar-refractivity contribution in [3.63, 3.8) is 0 Å². The maximum atomic E-state index is 8.81. The van der Waals surface area contributed by atoms with Crippen LogP contribution < -0.4 is 0 Å². The van der Waals surface area contributed by atoms with Crippen LogP contribution in [-0.2, 0) is 0 Å². The van der Waals surface area contributed by atoms with Gasteiger partial charge in [-0.25, -0.2) is 0 Å². The minimum Gasteiger partial charge on any atom is -0.396 e. The third-order valence-corrected chi connectivity index (χ3v) is 1.07. The molecule has 0 aliphatic rings. The predicted octanol–water partition coefficient (Wildman–Crippen LogP) is 0.0442. The maximum Gasteiger partial charge on any atom is 0.121 e. The Hall–Kier alpha value is -0.120. The van der Waals surface area contributed by atoms with Crippen LogP contribution in [0.2, 0.25) is 0 Å². The molecule has 1 radical (unpaired) electrons. The van der Waals surface area contributed by atoms with E-state index in [-0.39, 0.29) is 12.7 Å². The largest absolute Gasteiger partial charge is 0.396 e. The summed E-state index contributed by atoms with van der Waals surface area (Å²) in [5, 5.41) is 25.8. The molecule has 0 aliphatic heterocycles. The molecular formula is C6H13O3. The van der Waals surface area contributed by atoms with E-state index in [0.29, 0.717) is 12.8 Å². The van der Waals surface area contributed by atoms with Gasteiger partial charge in [0.15, 0.2) is 0 Å². The summed E-state index contributed by atoms with van der Waals surface area (Å²) < 4.78 is 0. The molecule has 3 heteroatoms. The molecular weight excluding hydrogens is 120 g/mol. The average molecular weight is 133 g/mol. The molecule has 1 unspecified atom stereocenters. The lowest BCUT2D eigenvalue weighted by molar-refractivity contribution is 0.101. The van der Waals surface area contributed by atoms with Crippen LogP contribution in [0.25, 0.3) is 0 Å². The first kappa shape index (κ1) is 8.88. The third-order valence-electron chi connectivity index (χ3n) is 1.07. The molecule has 0 saturated carbocycles. The average Bonchev–Trinajstić information content (AvgIpc) is 1.82. The van der Waals surface area contributed by atoms with Gasteiger partial charge in [0.2, 0.25) is 0 Å². The Morgan fingerprint density at radius 2 is 2.11 bits per heavy atom. The van der Waals surface area contributed by atoms with Gasteiger partial charge >= 0.3 is 0 Å². The molecule has 0 bridgehead atoms. The van der Waals surface area contributed by atoms with Gasteiger partial charge in [0.1, 0.15) is 6.10 Å². The first-order valence-electron chi connectivity index (χ1n) is 3.02. The molecule has 0 spiro atoms. The second-order valence-corrected chi connectivity index (χ2v) is 1.99. The molecule has 0 aromatic heterocycles. The molecule has 0 heterocycles. The van der Waals surface area contributed by atoms with E-state index >= 15 is 0 Å². The fourth-order valence-electron chi connectivity index (χ4n) is 0.469. The van der Waals surface area contributed by atoms with Crippen molar-refractivity contribution in [2.45, 2.75) is 25.9 Å². The van der Waals surface area contributed by atoms with E-state index in [2.05, 4.69) is 0 Å². The van der Waals surface area contributed by atoms with Gasteiger partial charge in [-0.05, 0) is 19.8 Å². The summed E-state index contributed by atoms with van der Waals surface area (Å²) in [6.07, 6.45) is 0.172. The van der Waals surface area contributed by atoms with Crippen molar-refractivity contribution in [3.05, 3.63) is 6.10 Å². The van der Waals surface area contributed by atoms with Crippen molar-refractivity contribution in [1.29, 1.82) is 0 Å². The Kier molecular flexibility index (Phi) is 4.67. The maximum absolute atomic E-state index is 8.81. The number of rotatable bonds is 4. The van der Waals surface area contributed by atoms with Gasteiger partial charge in [0, 0.05) is 6.61 Å². The molecule has 0 fully saturated rings. The lowest BCUT2D eigenvalue weighted by Gasteiger charge is -2.09. The highest BCUT2D eigenvalue weighted by molar-refractivity contribution is 4.80. The van der Waals surface area contributed by atoms with Crippen molar-refractivity contribution < 1.29 is 15.3 Å². The fraction of sp³-hybridized carbons (Fsp3) is 0.833. The smallest absolute Gasteiger partial charge is 0.121 e. The first-order chi connectivity index (χ1) is 4.18. The zero-order chi connectivity index (χ0) is 7.28. The summed E-state index contributed by atoms with van der Waals surface area (Å²) in [5.41, 5.74) is 0. The Morgan fingerprint density at radius 1 is 1.56 bits per heavy atom. The minimum atomic E-state index is -0.767. The monoisotopic (exact) mass is 133 g/mol. The predicted molar refractivity (Wildman–Crippen MR) is 33.2 cm³/mol. The Balaban J connectivity index is 3.16. The van der Waals surface area contributed by atoms with Crippen LogP contribution in [-0.4, -0.2) is 28.0 Å². The van der Waals surface area contributed by atoms with E-state index < -0.39 is 6.10 Å². The van der Waals surface area contributed by atoms with E-state index in [1.165, 1.54) is 6.92 Å². The van der Waals surface area contributed by atoms with Gasteiger partial charge < -0.3 is 15.3 Å². The number of aliphatic hydroxyl groups is 3. The Morgan fingerprint density at radius 3 is 2.44 bits per heavy atom. The van der Waals surface area contributed by atoms with Crippen LogP contribution in [0.5, 0.6) is 0 Å². The molecule has 0 aromatic rings. The standard InChI is InChI=1S/C6H13O3/c1-5(8)6(9)3-2-4-7/h5,7-9H,2-4H2,1H3. The molecule has 0 amide bonds. The summed E-state index contributed by atoms with van der Waals surface area (Å²) in [5.74, 6) is 0. The van der Waals surface area contributed by atoms with Crippen LogP contribution in [0.3, 0.4) is 0 Å². The minimum absolute atomic E-state index is 0.0454. The topological polar surface area (TPSA) is 60.7 Å². The van der Waals surface area contributed by atoms with Gasteiger partial charge in [0.05, 0.1) is 6.10 Å². The first-order valence-corrected chi connectivity index (χ1v) is 3.02. The van der Waals surface area contributed by atoms with Crippen LogP contribution in [0, 0.1) is 6.10 Å². The van der Waals surface area contributed by atoms with Crippen molar-refractivity contribution in [1.82, 2.24) is 0 Å². The second-order valence-electron chi connectivity index (χ2n) is 1.99. The van der Waals surface area contributed by atoms with Gasteiger partial charge in [-0.15, -0.1) is 0 Å². The van der Waals surface area contributed by atoms with Gasteiger partial charge in [-0.2, -0.15) is 0 Å². The van der Waals surface area contributed by atoms with Gasteiger partial charge in [-0.1, -0.05) is 0 Å². The fourth-order valence-corrected chi connectivity index (χ4v) is 0.469. The van der Waals surface area contributed by atoms with E-state index in [1.807, 2.05) is 0 Å². The van der Waals surface area contributed by atoms with E-state index in [9.17, 15) is 0 Å². The third kappa shape index (κ3) is 4.39. The zero-order valence-electron chi connectivity index (χ0n) is 5.54.